The summed E-state index contributed by atoms with van der Waals surface area (Å²) >= 11 is 7.68. The Labute approximate surface area is 256 Å². The summed E-state index contributed by atoms with van der Waals surface area (Å²) in [5.41, 5.74) is 4.60. The minimum absolute atomic E-state index is 0.0977. The fourth-order valence-electron chi connectivity index (χ4n) is 5.82. The van der Waals surface area contributed by atoms with Crippen molar-refractivity contribution in [3.05, 3.63) is 119 Å². The number of ether oxygens (including phenoxy) is 2. The molecule has 3 aliphatic heterocycles. The van der Waals surface area contributed by atoms with Gasteiger partial charge in [0.15, 0.2) is 0 Å². The molecular weight excluding hydrogens is 565 g/mol. The smallest absolute Gasteiger partial charge is 0.253 e. The van der Waals surface area contributed by atoms with Gasteiger partial charge in [0.25, 0.3) is 5.91 Å². The first-order valence-electron chi connectivity index (χ1n) is 14.5. The lowest BCUT2D eigenvalue weighted by Crippen LogP contribution is -2.70. The van der Waals surface area contributed by atoms with E-state index in [0.29, 0.717) is 22.9 Å². The van der Waals surface area contributed by atoms with Gasteiger partial charge in [0, 0.05) is 12.4 Å². The maximum atomic E-state index is 13.7. The Bertz CT molecular complexity index is 1400. The number of benzene rings is 3. The Morgan fingerprint density at radius 1 is 0.976 bits per heavy atom. The lowest BCUT2D eigenvalue weighted by Gasteiger charge is -2.50. The van der Waals surface area contributed by atoms with E-state index >= 15 is 0 Å². The van der Waals surface area contributed by atoms with E-state index in [0.717, 1.165) is 48.1 Å². The molecule has 1 N–H and O–H groups in total. The van der Waals surface area contributed by atoms with Crippen LogP contribution in [0.15, 0.2) is 102 Å². The largest absolute Gasteiger partial charge is 0.469 e. The number of β-lactam (4-membered cyclic amide) rings is 1. The van der Waals surface area contributed by atoms with Crippen LogP contribution in [0, 0.1) is 0 Å². The second kappa shape index (κ2) is 13.2. The number of thiocarbonyl (C=S) groups is 1. The minimum Gasteiger partial charge on any atom is -0.469 e. The van der Waals surface area contributed by atoms with Gasteiger partial charge in [0.2, 0.25) is 11.0 Å². The van der Waals surface area contributed by atoms with E-state index in [1.165, 1.54) is 0 Å². The number of carbonyl (C=O) groups is 2. The van der Waals surface area contributed by atoms with Gasteiger partial charge in [-0.25, -0.2) is 0 Å². The zero-order chi connectivity index (χ0) is 28.9. The van der Waals surface area contributed by atoms with Crippen LogP contribution in [0.5, 0.6) is 0 Å². The zero-order valence-electron chi connectivity index (χ0n) is 23.3. The summed E-state index contributed by atoms with van der Waals surface area (Å²) in [6.45, 7) is 0.756. The molecule has 2 fully saturated rings. The maximum Gasteiger partial charge on any atom is 0.253 e. The lowest BCUT2D eigenvalue weighted by molar-refractivity contribution is -0.145. The van der Waals surface area contributed by atoms with E-state index in [4.69, 9.17) is 21.7 Å². The average Bonchev–Trinajstić information content (AvgIpc) is 3.04. The molecule has 0 radical (unpaired) electrons. The highest BCUT2D eigenvalue weighted by molar-refractivity contribution is 8.00. The predicted octanol–water partition coefficient (Wildman–Crippen LogP) is 5.98. The van der Waals surface area contributed by atoms with Crippen LogP contribution in [0.3, 0.4) is 0 Å². The van der Waals surface area contributed by atoms with E-state index in [-0.39, 0.29) is 29.7 Å². The molecule has 6 nitrogen and oxygen atoms in total. The molecule has 2 unspecified atom stereocenters. The van der Waals surface area contributed by atoms with Gasteiger partial charge >= 0.3 is 0 Å². The highest BCUT2D eigenvalue weighted by Crippen LogP contribution is 2.43. The summed E-state index contributed by atoms with van der Waals surface area (Å²) in [4.78, 5) is 28.3. The number of carbonyl (C=O) groups excluding carboxylic acids is 2. The Kier molecular flexibility index (Phi) is 9.03. The van der Waals surface area contributed by atoms with Crippen LogP contribution in [0.25, 0.3) is 0 Å². The topological polar surface area (TPSA) is 67.9 Å². The third-order valence-corrected chi connectivity index (χ3v) is 9.57. The SMILES string of the molecule is O=C(Cc1ccccc1)NC1C(=O)N2C(C(=S)OC(c3ccccc3)c3ccccc3)=C(CC3CCCCO3)CS[C@H]12. The van der Waals surface area contributed by atoms with Crippen LogP contribution in [0.4, 0.5) is 0 Å². The van der Waals surface area contributed by atoms with Gasteiger partial charge in [-0.3, -0.25) is 14.5 Å². The fourth-order valence-corrected chi connectivity index (χ4v) is 7.53. The zero-order valence-corrected chi connectivity index (χ0v) is 24.9. The van der Waals surface area contributed by atoms with Crippen molar-refractivity contribution in [3.63, 3.8) is 0 Å². The van der Waals surface area contributed by atoms with Gasteiger partial charge in [-0.2, -0.15) is 0 Å². The molecule has 2 amide bonds. The number of hydrogen-bond donors (Lipinski definition) is 1. The first kappa shape index (κ1) is 28.6. The van der Waals surface area contributed by atoms with E-state index in [1.807, 2.05) is 91.0 Å². The third-order valence-electron chi connectivity index (χ3n) is 7.94. The normalized spacial score (nSPS) is 21.9. The molecule has 42 heavy (non-hydrogen) atoms. The molecule has 3 aliphatic rings. The maximum absolute atomic E-state index is 13.7. The number of nitrogens with one attached hydrogen (secondary N) is 1. The molecule has 8 heteroatoms. The van der Waals surface area contributed by atoms with Crippen LogP contribution >= 0.6 is 24.0 Å². The quantitative estimate of drug-likeness (QED) is 0.242. The summed E-state index contributed by atoms with van der Waals surface area (Å²) < 4.78 is 12.7. The monoisotopic (exact) mass is 598 g/mol. The van der Waals surface area contributed by atoms with Crippen molar-refractivity contribution in [2.45, 2.75) is 55.7 Å². The summed E-state index contributed by atoms with van der Waals surface area (Å²) in [6, 6.07) is 28.9. The van der Waals surface area contributed by atoms with Gasteiger partial charge in [-0.15, -0.1) is 11.8 Å². The van der Waals surface area contributed by atoms with E-state index in [2.05, 4.69) is 5.32 Å². The molecule has 216 valence electrons. The molecule has 3 aromatic carbocycles. The number of hydrogen-bond acceptors (Lipinski definition) is 6. The van der Waals surface area contributed by atoms with Crippen molar-refractivity contribution in [2.24, 2.45) is 0 Å². The molecule has 2 saturated heterocycles. The second-order valence-corrected chi connectivity index (χ2v) is 12.3. The highest BCUT2D eigenvalue weighted by atomic mass is 32.2. The van der Waals surface area contributed by atoms with Gasteiger partial charge in [-0.05, 0) is 60.2 Å². The molecule has 0 aliphatic carbocycles. The molecule has 6 rings (SSSR count). The molecule has 3 atom stereocenters. The van der Waals surface area contributed by atoms with Crippen molar-refractivity contribution in [3.8, 4) is 0 Å². The number of amides is 2. The summed E-state index contributed by atoms with van der Waals surface area (Å²) in [5.74, 6) is 0.367. The highest BCUT2D eigenvalue weighted by Gasteiger charge is 2.54. The molecule has 3 heterocycles. The first-order chi connectivity index (χ1) is 20.6. The Hall–Kier alpha value is -3.46. The Morgan fingerprint density at radius 2 is 1.62 bits per heavy atom. The van der Waals surface area contributed by atoms with Crippen molar-refractivity contribution < 1.29 is 19.1 Å². The van der Waals surface area contributed by atoms with Gasteiger partial charge in [0.1, 0.15) is 17.5 Å². The molecule has 0 aromatic heterocycles. The average molecular weight is 599 g/mol. The lowest BCUT2D eigenvalue weighted by atomic mass is 9.97. The van der Waals surface area contributed by atoms with Gasteiger partial charge in [0.05, 0.1) is 18.2 Å². The number of nitrogens with zero attached hydrogens (tertiary/aromatic N) is 1. The van der Waals surface area contributed by atoms with Crippen molar-refractivity contribution in [1.82, 2.24) is 10.2 Å². The standard InChI is InChI=1S/C34H34N2O4S2/c37-28(20-23-12-4-1-5-13-23)35-29-32(38)36-30(26(22-42-33(29)36)21-27-18-10-11-19-39-27)34(41)40-31(24-14-6-2-7-15-24)25-16-8-3-9-17-25/h1-9,12-17,27,29,31,33H,10-11,18-22H2,(H,35,37)/t27?,29?,33-/m1/s1. The number of rotatable bonds is 9. The molecule has 0 spiro atoms. The summed E-state index contributed by atoms with van der Waals surface area (Å²) in [6.07, 6.45) is 3.80. The molecule has 3 aromatic rings. The predicted molar refractivity (Wildman–Crippen MR) is 169 cm³/mol. The van der Waals surface area contributed by atoms with Gasteiger partial charge < -0.3 is 14.8 Å². The van der Waals surface area contributed by atoms with Gasteiger partial charge in [-0.1, -0.05) is 91.0 Å². The third kappa shape index (κ3) is 6.31. The molecule has 0 saturated carbocycles. The number of fused-ring (bicyclic) bond motifs is 1. The van der Waals surface area contributed by atoms with E-state index in [9.17, 15) is 9.59 Å². The molecular formula is C34H34N2O4S2. The van der Waals surface area contributed by atoms with E-state index < -0.39 is 12.1 Å². The van der Waals surface area contributed by atoms with Crippen LogP contribution in [0.1, 0.15) is 48.5 Å². The van der Waals surface area contributed by atoms with E-state index in [1.54, 1.807) is 16.7 Å². The fraction of sp³-hybridized carbons (Fsp3) is 0.324. The Balaban J connectivity index is 1.26. The molecule has 0 bridgehead atoms. The van der Waals surface area contributed by atoms with Crippen LogP contribution in [-0.2, 0) is 25.5 Å². The van der Waals surface area contributed by atoms with Crippen molar-refractivity contribution in [2.75, 3.05) is 12.4 Å². The Morgan fingerprint density at radius 3 is 2.24 bits per heavy atom. The van der Waals surface area contributed by atoms with Crippen LogP contribution in [-0.4, -0.2) is 51.6 Å². The van der Waals surface area contributed by atoms with Crippen LogP contribution < -0.4 is 5.32 Å². The summed E-state index contributed by atoms with van der Waals surface area (Å²) in [7, 11) is 0. The summed E-state index contributed by atoms with van der Waals surface area (Å²) in [5, 5.41) is 3.04. The minimum atomic E-state index is -0.601. The first-order valence-corrected chi connectivity index (χ1v) is 16.0. The van der Waals surface area contributed by atoms with Crippen molar-refractivity contribution >= 4 is 40.8 Å². The van der Waals surface area contributed by atoms with Crippen LogP contribution in [0.2, 0.25) is 0 Å². The number of thioether (sulfide) groups is 1. The van der Waals surface area contributed by atoms with Crippen molar-refractivity contribution in [1.29, 1.82) is 0 Å². The second-order valence-electron chi connectivity index (χ2n) is 10.9.